The number of halogens is 1. The van der Waals surface area contributed by atoms with Gasteiger partial charge in [-0.1, -0.05) is 66.3 Å². The number of nitrogens with two attached hydrogens (primary N) is 1. The number of benzene rings is 2. The van der Waals surface area contributed by atoms with Crippen LogP contribution in [0, 0.1) is 0 Å². The molecule has 2 aromatic carbocycles. The fourth-order valence-corrected chi connectivity index (χ4v) is 2.72. The molecule has 2 N–H and O–H groups in total. The van der Waals surface area contributed by atoms with E-state index in [2.05, 4.69) is 35.8 Å². The molecule has 2 rings (SSSR count). The highest BCUT2D eigenvalue weighted by Crippen LogP contribution is 2.30. The lowest BCUT2D eigenvalue weighted by molar-refractivity contribution is 0.301. The molecule has 0 fully saturated rings. The highest BCUT2D eigenvalue weighted by Gasteiger charge is 2.10. The van der Waals surface area contributed by atoms with Gasteiger partial charge in [0.1, 0.15) is 17.3 Å². The molecule has 0 radical (unpaired) electrons. The predicted molar refractivity (Wildman–Crippen MR) is 94.9 cm³/mol. The Labute approximate surface area is 139 Å². The molecular formula is C17H18BrNOS. The van der Waals surface area contributed by atoms with Crippen molar-refractivity contribution in [2.45, 2.75) is 26.4 Å². The average Bonchev–Trinajstić information content (AvgIpc) is 2.46. The van der Waals surface area contributed by atoms with E-state index in [0.29, 0.717) is 17.5 Å². The van der Waals surface area contributed by atoms with E-state index in [1.54, 1.807) is 0 Å². The van der Waals surface area contributed by atoms with Crippen molar-refractivity contribution in [3.8, 4) is 5.75 Å². The van der Waals surface area contributed by atoms with Gasteiger partial charge in [-0.3, -0.25) is 0 Å². The maximum absolute atomic E-state index is 5.99. The summed E-state index contributed by atoms with van der Waals surface area (Å²) in [6.07, 6.45) is 0. The lowest BCUT2D eigenvalue weighted by Crippen LogP contribution is -2.13. The molecule has 0 bridgehead atoms. The van der Waals surface area contributed by atoms with Gasteiger partial charge in [0.05, 0.1) is 0 Å². The minimum atomic E-state index is 0.392. The second-order valence-corrected chi connectivity index (χ2v) is 6.50. The first-order valence-electron chi connectivity index (χ1n) is 6.79. The monoisotopic (exact) mass is 363 g/mol. The number of ether oxygens (including phenoxy) is 1. The Morgan fingerprint density at radius 2 is 1.95 bits per heavy atom. The van der Waals surface area contributed by atoms with E-state index in [9.17, 15) is 0 Å². The van der Waals surface area contributed by atoms with Gasteiger partial charge in [-0.25, -0.2) is 0 Å². The molecule has 0 unspecified atom stereocenters. The van der Waals surface area contributed by atoms with E-state index < -0.39 is 0 Å². The lowest BCUT2D eigenvalue weighted by Gasteiger charge is -2.15. The Hall–Kier alpha value is -1.39. The Bertz CT molecular complexity index is 655. The summed E-state index contributed by atoms with van der Waals surface area (Å²) in [5, 5.41) is 0. The summed E-state index contributed by atoms with van der Waals surface area (Å²) in [6.45, 7) is 4.75. The molecule has 0 aromatic heterocycles. The summed E-state index contributed by atoms with van der Waals surface area (Å²) in [5.74, 6) is 1.29. The van der Waals surface area contributed by atoms with E-state index in [1.807, 2.05) is 36.4 Å². The number of thiocarbonyl (C=S) groups is 1. The Morgan fingerprint density at radius 1 is 1.24 bits per heavy atom. The fourth-order valence-electron chi connectivity index (χ4n) is 2.14. The van der Waals surface area contributed by atoms with Gasteiger partial charge in [0.15, 0.2) is 0 Å². The van der Waals surface area contributed by atoms with E-state index in [-0.39, 0.29) is 0 Å². The first-order valence-corrected chi connectivity index (χ1v) is 7.99. The number of hydrogen-bond donors (Lipinski definition) is 1. The van der Waals surface area contributed by atoms with Crippen molar-refractivity contribution in [1.82, 2.24) is 0 Å². The molecule has 2 aromatic rings. The first-order chi connectivity index (χ1) is 9.99. The number of rotatable bonds is 5. The summed E-state index contributed by atoms with van der Waals surface area (Å²) < 4.78 is 7.05. The van der Waals surface area contributed by atoms with Gasteiger partial charge in [-0.15, -0.1) is 0 Å². The summed E-state index contributed by atoms with van der Waals surface area (Å²) in [6, 6.07) is 13.9. The molecule has 0 heterocycles. The second kappa shape index (κ2) is 7.05. The molecule has 0 aliphatic carbocycles. The van der Waals surface area contributed by atoms with Crippen LogP contribution in [0.2, 0.25) is 0 Å². The minimum Gasteiger partial charge on any atom is -0.489 e. The molecular weight excluding hydrogens is 346 g/mol. The minimum absolute atomic E-state index is 0.392. The van der Waals surface area contributed by atoms with Gasteiger partial charge in [-0.05, 0) is 35.2 Å². The number of hydrogen-bond acceptors (Lipinski definition) is 2. The van der Waals surface area contributed by atoms with Crippen LogP contribution in [0.15, 0.2) is 46.9 Å². The Morgan fingerprint density at radius 3 is 2.62 bits per heavy atom. The Balaban J connectivity index is 2.23. The SMILES string of the molecule is CC(C)c1cc(Br)ccc1OCc1ccccc1C(N)=S. The first kappa shape index (κ1) is 16.0. The van der Waals surface area contributed by atoms with Gasteiger partial charge < -0.3 is 10.5 Å². The molecule has 0 aliphatic heterocycles. The van der Waals surface area contributed by atoms with Crippen molar-refractivity contribution in [3.63, 3.8) is 0 Å². The zero-order chi connectivity index (χ0) is 15.4. The normalized spacial score (nSPS) is 10.7. The topological polar surface area (TPSA) is 35.2 Å². The maximum atomic E-state index is 5.99. The molecule has 110 valence electrons. The van der Waals surface area contributed by atoms with Crippen LogP contribution in [-0.2, 0) is 6.61 Å². The van der Waals surface area contributed by atoms with Gasteiger partial charge in [0.2, 0.25) is 0 Å². The summed E-state index contributed by atoms with van der Waals surface area (Å²) in [7, 11) is 0. The van der Waals surface area contributed by atoms with Crippen molar-refractivity contribution in [3.05, 3.63) is 63.6 Å². The molecule has 0 saturated heterocycles. The van der Waals surface area contributed by atoms with Crippen LogP contribution in [0.25, 0.3) is 0 Å². The van der Waals surface area contributed by atoms with Crippen LogP contribution in [-0.4, -0.2) is 4.99 Å². The molecule has 2 nitrogen and oxygen atoms in total. The van der Waals surface area contributed by atoms with E-state index in [0.717, 1.165) is 21.3 Å². The van der Waals surface area contributed by atoms with E-state index in [1.165, 1.54) is 5.56 Å². The van der Waals surface area contributed by atoms with Gasteiger partial charge in [-0.2, -0.15) is 0 Å². The van der Waals surface area contributed by atoms with Crippen LogP contribution >= 0.6 is 28.1 Å². The largest absolute Gasteiger partial charge is 0.489 e. The zero-order valence-corrected chi connectivity index (χ0v) is 14.5. The predicted octanol–water partition coefficient (Wildman–Crippen LogP) is 4.79. The van der Waals surface area contributed by atoms with Gasteiger partial charge in [0, 0.05) is 10.0 Å². The van der Waals surface area contributed by atoms with Crippen LogP contribution in [0.3, 0.4) is 0 Å². The van der Waals surface area contributed by atoms with E-state index >= 15 is 0 Å². The van der Waals surface area contributed by atoms with Crippen molar-refractivity contribution in [2.24, 2.45) is 5.73 Å². The molecule has 4 heteroatoms. The second-order valence-electron chi connectivity index (χ2n) is 5.15. The molecule has 0 amide bonds. The van der Waals surface area contributed by atoms with Crippen LogP contribution in [0.1, 0.15) is 36.5 Å². The van der Waals surface area contributed by atoms with Crippen LogP contribution in [0.4, 0.5) is 0 Å². The maximum Gasteiger partial charge on any atom is 0.123 e. The van der Waals surface area contributed by atoms with Crippen LogP contribution in [0.5, 0.6) is 5.75 Å². The lowest BCUT2D eigenvalue weighted by atomic mass is 10.0. The molecule has 0 spiro atoms. The van der Waals surface area contributed by atoms with Crippen LogP contribution < -0.4 is 10.5 Å². The highest BCUT2D eigenvalue weighted by atomic mass is 79.9. The van der Waals surface area contributed by atoms with Crippen molar-refractivity contribution >= 4 is 33.1 Å². The van der Waals surface area contributed by atoms with Gasteiger partial charge in [0.25, 0.3) is 0 Å². The summed E-state index contributed by atoms with van der Waals surface area (Å²) in [5.41, 5.74) is 8.80. The third-order valence-electron chi connectivity index (χ3n) is 3.26. The Kier molecular flexibility index (Phi) is 5.37. The van der Waals surface area contributed by atoms with Crippen molar-refractivity contribution in [1.29, 1.82) is 0 Å². The summed E-state index contributed by atoms with van der Waals surface area (Å²) >= 11 is 8.58. The molecule has 0 atom stereocenters. The van der Waals surface area contributed by atoms with Crippen molar-refractivity contribution in [2.75, 3.05) is 0 Å². The molecule has 21 heavy (non-hydrogen) atoms. The van der Waals surface area contributed by atoms with Crippen molar-refractivity contribution < 1.29 is 4.74 Å². The standard InChI is InChI=1S/C17H18BrNOS/c1-11(2)15-9-13(18)7-8-16(15)20-10-12-5-3-4-6-14(12)17(19)21/h3-9,11H,10H2,1-2H3,(H2,19,21). The molecule has 0 saturated carbocycles. The average molecular weight is 364 g/mol. The fraction of sp³-hybridized carbons (Fsp3) is 0.235. The summed E-state index contributed by atoms with van der Waals surface area (Å²) in [4.78, 5) is 0.397. The molecule has 0 aliphatic rings. The smallest absolute Gasteiger partial charge is 0.123 e. The quantitative estimate of drug-likeness (QED) is 0.775. The van der Waals surface area contributed by atoms with Gasteiger partial charge >= 0.3 is 0 Å². The third kappa shape index (κ3) is 4.05. The highest BCUT2D eigenvalue weighted by molar-refractivity contribution is 9.10. The van der Waals surface area contributed by atoms with E-state index in [4.69, 9.17) is 22.7 Å². The zero-order valence-electron chi connectivity index (χ0n) is 12.1. The third-order valence-corrected chi connectivity index (χ3v) is 3.97.